The Morgan fingerprint density at radius 2 is 1.97 bits per heavy atom. The minimum atomic E-state index is -1.90. The normalized spacial score (nSPS) is 20.6. The standard InChI is InChI=1S/C28H36FN5O5/c1-32-10-12-34(13-11-32)14-15-39-22-6-7-24(29)21(16-22)17-30-25-5-3-4-20(19-35)23(25)18-33(2)28(38)9-8-26(36)31-27(28)37/h3-7,16,19,30,38H,8-15,17-18H2,1-2H3,(H,31,36,37)/t28-/m1/s1. The number of anilines is 1. The van der Waals surface area contributed by atoms with E-state index in [1.165, 1.54) is 11.0 Å². The fourth-order valence-corrected chi connectivity index (χ4v) is 4.81. The highest BCUT2D eigenvalue weighted by atomic mass is 19.1. The van der Waals surface area contributed by atoms with Gasteiger partial charge in [-0.1, -0.05) is 12.1 Å². The van der Waals surface area contributed by atoms with E-state index in [4.69, 9.17) is 4.74 Å². The van der Waals surface area contributed by atoms with Crippen LogP contribution >= 0.6 is 0 Å². The van der Waals surface area contributed by atoms with Crippen molar-refractivity contribution in [1.82, 2.24) is 20.0 Å². The molecule has 0 aromatic heterocycles. The molecule has 0 aliphatic carbocycles. The smallest absolute Gasteiger partial charge is 0.274 e. The third kappa shape index (κ3) is 6.99. The van der Waals surface area contributed by atoms with Gasteiger partial charge < -0.3 is 20.1 Å². The number of hydrogen-bond donors (Lipinski definition) is 3. The average molecular weight is 542 g/mol. The van der Waals surface area contributed by atoms with E-state index in [1.54, 1.807) is 37.4 Å². The molecule has 1 atom stereocenters. The molecule has 0 saturated carbocycles. The van der Waals surface area contributed by atoms with Crippen LogP contribution in [0.3, 0.4) is 0 Å². The van der Waals surface area contributed by atoms with E-state index in [9.17, 15) is 23.9 Å². The number of ether oxygens (including phenoxy) is 1. The summed E-state index contributed by atoms with van der Waals surface area (Å²) in [6.45, 7) is 5.51. The largest absolute Gasteiger partial charge is 0.492 e. The zero-order valence-electron chi connectivity index (χ0n) is 22.4. The Kier molecular flexibility index (Phi) is 9.28. The topological polar surface area (TPSA) is 114 Å². The molecule has 2 amide bonds. The zero-order chi connectivity index (χ0) is 28.0. The first kappa shape index (κ1) is 28.6. The molecular formula is C28H36FN5O5. The molecule has 11 heteroatoms. The van der Waals surface area contributed by atoms with Gasteiger partial charge in [0, 0.05) is 75.5 Å². The molecule has 2 heterocycles. The number of imide groups is 1. The molecule has 2 aromatic rings. The van der Waals surface area contributed by atoms with E-state index < -0.39 is 23.4 Å². The molecule has 0 spiro atoms. The van der Waals surface area contributed by atoms with Crippen LogP contribution < -0.4 is 15.4 Å². The Hall–Kier alpha value is -3.38. The number of halogens is 1. The number of nitrogens with one attached hydrogen (secondary N) is 2. The number of carbonyl (C=O) groups excluding carboxylic acids is 3. The second-order valence-corrected chi connectivity index (χ2v) is 10.1. The number of amides is 2. The molecule has 0 bridgehead atoms. The van der Waals surface area contributed by atoms with E-state index in [0.717, 1.165) is 32.7 Å². The summed E-state index contributed by atoms with van der Waals surface area (Å²) in [6.07, 6.45) is 0.630. The number of piperidine rings is 1. The molecule has 2 aliphatic heterocycles. The molecule has 2 aliphatic rings. The molecule has 3 N–H and O–H groups in total. The van der Waals surface area contributed by atoms with Gasteiger partial charge in [-0.15, -0.1) is 0 Å². The molecule has 2 aromatic carbocycles. The summed E-state index contributed by atoms with van der Waals surface area (Å²) in [7, 11) is 3.66. The maximum atomic E-state index is 14.7. The number of hydrogen-bond acceptors (Lipinski definition) is 9. The first-order valence-electron chi connectivity index (χ1n) is 13.1. The lowest BCUT2D eigenvalue weighted by molar-refractivity contribution is -0.171. The second kappa shape index (κ2) is 12.6. The summed E-state index contributed by atoms with van der Waals surface area (Å²) < 4.78 is 20.6. The lowest BCUT2D eigenvalue weighted by Gasteiger charge is -2.38. The number of aldehydes is 1. The summed E-state index contributed by atoms with van der Waals surface area (Å²) in [5.74, 6) is -1.06. The van der Waals surface area contributed by atoms with E-state index in [-0.39, 0.29) is 25.9 Å². The van der Waals surface area contributed by atoms with Gasteiger partial charge in [0.25, 0.3) is 5.91 Å². The fraction of sp³-hybridized carbons (Fsp3) is 0.464. The van der Waals surface area contributed by atoms with Crippen molar-refractivity contribution in [2.45, 2.75) is 31.7 Å². The van der Waals surface area contributed by atoms with E-state index in [1.807, 2.05) is 0 Å². The Morgan fingerprint density at radius 3 is 2.69 bits per heavy atom. The van der Waals surface area contributed by atoms with Crippen molar-refractivity contribution >= 4 is 23.8 Å². The molecule has 210 valence electrons. The van der Waals surface area contributed by atoms with Crippen molar-refractivity contribution in [3.8, 4) is 5.75 Å². The number of aliphatic hydroxyl groups is 1. The van der Waals surface area contributed by atoms with Crippen molar-refractivity contribution in [3.05, 3.63) is 58.9 Å². The molecule has 2 saturated heterocycles. The first-order chi connectivity index (χ1) is 18.7. The highest BCUT2D eigenvalue weighted by molar-refractivity contribution is 6.01. The maximum Gasteiger partial charge on any atom is 0.274 e. The van der Waals surface area contributed by atoms with E-state index in [0.29, 0.717) is 41.0 Å². The van der Waals surface area contributed by atoms with Crippen LogP contribution in [0.25, 0.3) is 0 Å². The molecule has 2 fully saturated rings. The van der Waals surface area contributed by atoms with Gasteiger partial charge >= 0.3 is 0 Å². The SMILES string of the molecule is CN1CCN(CCOc2ccc(F)c(CNc3cccc(C=O)c3CN(C)[C@@]3(O)CCC(=O)NC3=O)c2)CC1. The average Bonchev–Trinajstić information content (AvgIpc) is 2.92. The van der Waals surface area contributed by atoms with Crippen LogP contribution in [0.5, 0.6) is 5.75 Å². The third-order valence-electron chi connectivity index (χ3n) is 7.44. The number of nitrogens with zero attached hydrogens (tertiary/aromatic N) is 3. The van der Waals surface area contributed by atoms with E-state index in [2.05, 4.69) is 27.5 Å². The van der Waals surface area contributed by atoms with Gasteiger partial charge in [-0.2, -0.15) is 0 Å². The number of rotatable bonds is 11. The van der Waals surface area contributed by atoms with Gasteiger partial charge in [-0.05, 0) is 43.9 Å². The summed E-state index contributed by atoms with van der Waals surface area (Å²) in [6, 6.07) is 9.72. The van der Waals surface area contributed by atoms with Crippen LogP contribution in [0.15, 0.2) is 36.4 Å². The van der Waals surface area contributed by atoms with Crippen LogP contribution in [0.1, 0.15) is 34.3 Å². The van der Waals surface area contributed by atoms with Gasteiger partial charge in [0.2, 0.25) is 5.91 Å². The second-order valence-electron chi connectivity index (χ2n) is 10.1. The summed E-state index contributed by atoms with van der Waals surface area (Å²) in [4.78, 5) is 41.8. The van der Waals surface area contributed by atoms with Crippen molar-refractivity contribution in [3.63, 3.8) is 0 Å². The van der Waals surface area contributed by atoms with Gasteiger partial charge in [-0.25, -0.2) is 4.39 Å². The van der Waals surface area contributed by atoms with Gasteiger partial charge in [-0.3, -0.25) is 29.5 Å². The van der Waals surface area contributed by atoms with Crippen LogP contribution in [0.2, 0.25) is 0 Å². The quantitative estimate of drug-likeness (QED) is 0.221. The van der Waals surface area contributed by atoms with Crippen molar-refractivity contribution in [2.75, 3.05) is 58.7 Å². The number of piperazine rings is 1. The third-order valence-corrected chi connectivity index (χ3v) is 7.44. The Morgan fingerprint density at radius 1 is 1.21 bits per heavy atom. The summed E-state index contributed by atoms with van der Waals surface area (Å²) >= 11 is 0. The Labute approximate surface area is 227 Å². The first-order valence-corrected chi connectivity index (χ1v) is 13.1. The van der Waals surface area contributed by atoms with Crippen molar-refractivity contribution in [2.24, 2.45) is 0 Å². The highest BCUT2D eigenvalue weighted by Gasteiger charge is 2.44. The van der Waals surface area contributed by atoms with Gasteiger partial charge in [0.05, 0.1) is 0 Å². The maximum absolute atomic E-state index is 14.7. The number of benzene rings is 2. The monoisotopic (exact) mass is 541 g/mol. The van der Waals surface area contributed by atoms with Crippen LogP contribution in [0.4, 0.5) is 10.1 Å². The zero-order valence-corrected chi connectivity index (χ0v) is 22.4. The highest BCUT2D eigenvalue weighted by Crippen LogP contribution is 2.28. The van der Waals surface area contributed by atoms with Gasteiger partial charge in [0.1, 0.15) is 24.5 Å². The van der Waals surface area contributed by atoms with Crippen molar-refractivity contribution < 1.29 is 28.6 Å². The van der Waals surface area contributed by atoms with Crippen LogP contribution in [-0.2, 0) is 22.7 Å². The van der Waals surface area contributed by atoms with Gasteiger partial charge in [0.15, 0.2) is 5.72 Å². The fourth-order valence-electron chi connectivity index (χ4n) is 4.81. The molecule has 0 unspecified atom stereocenters. The lowest BCUT2D eigenvalue weighted by atomic mass is 9.98. The Balaban J connectivity index is 1.42. The number of likely N-dealkylation sites (N-methyl/N-ethyl adjacent to an activating group) is 2. The molecule has 4 rings (SSSR count). The van der Waals surface area contributed by atoms with E-state index >= 15 is 0 Å². The lowest BCUT2D eigenvalue weighted by Crippen LogP contribution is -2.61. The minimum absolute atomic E-state index is 0.0000774. The predicted molar refractivity (Wildman–Crippen MR) is 144 cm³/mol. The van der Waals surface area contributed by atoms with Crippen molar-refractivity contribution in [1.29, 1.82) is 0 Å². The van der Waals surface area contributed by atoms with Crippen LogP contribution in [-0.4, -0.2) is 97.1 Å². The number of carbonyl (C=O) groups is 3. The predicted octanol–water partition coefficient (Wildman–Crippen LogP) is 1.43. The molecular weight excluding hydrogens is 505 g/mol. The van der Waals surface area contributed by atoms with Crippen LogP contribution in [0, 0.1) is 5.82 Å². The molecule has 0 radical (unpaired) electrons. The Bertz CT molecular complexity index is 1200. The minimum Gasteiger partial charge on any atom is -0.492 e. The summed E-state index contributed by atoms with van der Waals surface area (Å²) in [5, 5.41) is 16.3. The molecule has 10 nitrogen and oxygen atoms in total. The summed E-state index contributed by atoms with van der Waals surface area (Å²) in [5.41, 5.74) is -0.0459. The molecule has 39 heavy (non-hydrogen) atoms.